The van der Waals surface area contributed by atoms with Gasteiger partial charge in [-0.15, -0.1) is 0 Å². The van der Waals surface area contributed by atoms with Gasteiger partial charge in [0.15, 0.2) is 11.3 Å². The molecule has 24 heavy (non-hydrogen) atoms. The molecule has 3 rings (SSSR count). The number of aromatic carboxylic acids is 1. The van der Waals surface area contributed by atoms with Crippen molar-refractivity contribution in [2.45, 2.75) is 6.18 Å². The van der Waals surface area contributed by atoms with Crippen LogP contribution >= 0.6 is 11.6 Å². The predicted octanol–water partition coefficient (Wildman–Crippen LogP) is -0.564. The van der Waals surface area contributed by atoms with E-state index >= 15 is 0 Å². The van der Waals surface area contributed by atoms with Crippen molar-refractivity contribution in [1.82, 2.24) is 14.6 Å². The van der Waals surface area contributed by atoms with Gasteiger partial charge in [-0.3, -0.25) is 0 Å². The Bertz CT molecular complexity index is 910. The Morgan fingerprint density at radius 3 is 2.33 bits per heavy atom. The van der Waals surface area contributed by atoms with Crippen LogP contribution in [-0.2, 0) is 6.18 Å². The second kappa shape index (κ2) is 7.10. The van der Waals surface area contributed by atoms with E-state index in [1.165, 1.54) is 24.3 Å². The van der Waals surface area contributed by atoms with E-state index in [9.17, 15) is 23.1 Å². The molecule has 1 aromatic carbocycles. The number of benzene rings is 1. The number of fused-ring (bicyclic) bond motifs is 1. The third kappa shape index (κ3) is 3.81. The summed E-state index contributed by atoms with van der Waals surface area (Å²) in [5.74, 6) is -1.68. The van der Waals surface area contributed by atoms with E-state index in [4.69, 9.17) is 11.6 Å². The molecule has 2 aromatic heterocycles. The molecule has 0 aliphatic carbocycles. The first-order chi connectivity index (χ1) is 10.8. The summed E-state index contributed by atoms with van der Waals surface area (Å²) in [6, 6.07) is 7.76. The van der Waals surface area contributed by atoms with Gasteiger partial charge in [0, 0.05) is 16.7 Å². The van der Waals surface area contributed by atoms with Crippen LogP contribution in [0.1, 0.15) is 16.2 Å². The molecule has 3 aromatic rings. The summed E-state index contributed by atoms with van der Waals surface area (Å²) >= 11 is 5.75. The molecule has 0 radical (unpaired) electrons. The normalized spacial score (nSPS) is 11.3. The molecule has 0 N–H and O–H groups in total. The van der Waals surface area contributed by atoms with Gasteiger partial charge in [-0.25, -0.2) is 9.50 Å². The van der Waals surface area contributed by atoms with E-state index in [1.807, 2.05) is 0 Å². The summed E-state index contributed by atoms with van der Waals surface area (Å²) in [5.41, 5.74) is -1.59. The van der Waals surface area contributed by atoms with E-state index in [1.54, 1.807) is 0 Å². The molecule has 5 nitrogen and oxygen atoms in total. The molecule has 0 fully saturated rings. The zero-order valence-electron chi connectivity index (χ0n) is 12.1. The third-order valence-electron chi connectivity index (χ3n) is 3.07. The fraction of sp³-hybridized carbons (Fsp3) is 0.0714. The Kier molecular flexibility index (Phi) is 5.73. The van der Waals surface area contributed by atoms with E-state index in [0.717, 1.165) is 12.1 Å². The maximum Gasteiger partial charge on any atom is 1.00 e. The second-order valence-electron chi connectivity index (χ2n) is 4.62. The molecule has 0 atom stereocenters. The number of carbonyl (C=O) groups excluding carboxylic acids is 1. The van der Waals surface area contributed by atoms with Crippen molar-refractivity contribution in [1.29, 1.82) is 0 Å². The largest absolute Gasteiger partial charge is 1.00 e. The molecule has 0 saturated heterocycles. The van der Waals surface area contributed by atoms with Gasteiger partial charge >= 0.3 is 57.6 Å². The van der Waals surface area contributed by atoms with Crippen LogP contribution in [0.4, 0.5) is 13.2 Å². The Morgan fingerprint density at radius 2 is 1.79 bits per heavy atom. The Morgan fingerprint density at radius 1 is 1.17 bits per heavy atom. The number of aromatic nitrogens is 3. The van der Waals surface area contributed by atoms with E-state index < -0.39 is 23.5 Å². The molecule has 0 amide bonds. The minimum Gasteiger partial charge on any atom is -0.543 e. The molecule has 118 valence electrons. The number of hydrogen-bond donors (Lipinski definition) is 0. The summed E-state index contributed by atoms with van der Waals surface area (Å²) in [6.45, 7) is 0. The number of carbonyl (C=O) groups is 1. The molecule has 0 bridgehead atoms. The number of halogens is 4. The molecule has 0 spiro atoms. The number of hydrogen-bond acceptors (Lipinski definition) is 4. The number of carboxylic acid groups (broad SMARTS) is 1. The summed E-state index contributed by atoms with van der Waals surface area (Å²) in [7, 11) is 0. The van der Waals surface area contributed by atoms with Crippen molar-refractivity contribution in [2.24, 2.45) is 0 Å². The number of alkyl halides is 3. The van der Waals surface area contributed by atoms with Gasteiger partial charge in [-0.05, 0) is 18.2 Å². The van der Waals surface area contributed by atoms with Crippen molar-refractivity contribution in [3.8, 4) is 11.3 Å². The minimum atomic E-state index is -4.74. The smallest absolute Gasteiger partial charge is 0.543 e. The molecule has 0 aliphatic rings. The number of nitrogens with zero attached hydrogens (tertiary/aromatic N) is 3. The van der Waals surface area contributed by atoms with Crippen molar-refractivity contribution in [3.05, 3.63) is 52.8 Å². The number of rotatable bonds is 2. The average Bonchev–Trinajstić information content (AvgIpc) is 2.90. The standard InChI is InChI=1S/C14H7ClF3N3O2.K/c15-8-3-1-7(2-4-8)9-5-11(14(16,17)18)21-12(19-9)6-10(20-21)13(22)23;/h1-6H,(H,22,23);/q;+1/p-1. The van der Waals surface area contributed by atoms with Crippen LogP contribution in [0.2, 0.25) is 5.02 Å². The first-order valence-corrected chi connectivity index (χ1v) is 6.59. The molecule has 0 aliphatic heterocycles. The Balaban J connectivity index is 0.00000208. The zero-order chi connectivity index (χ0) is 16.8. The zero-order valence-corrected chi connectivity index (χ0v) is 16.0. The molecule has 10 heteroatoms. The summed E-state index contributed by atoms with van der Waals surface area (Å²) in [5, 5.41) is 14.6. The first-order valence-electron chi connectivity index (χ1n) is 6.21. The van der Waals surface area contributed by atoms with Gasteiger partial charge in [0.2, 0.25) is 0 Å². The fourth-order valence-electron chi connectivity index (χ4n) is 2.04. The monoisotopic (exact) mass is 379 g/mol. The fourth-order valence-corrected chi connectivity index (χ4v) is 2.17. The predicted molar refractivity (Wildman–Crippen MR) is 72.8 cm³/mol. The maximum atomic E-state index is 13.2. The first kappa shape index (κ1) is 19.4. The van der Waals surface area contributed by atoms with Crippen LogP contribution < -0.4 is 56.5 Å². The molecule has 0 unspecified atom stereocenters. The summed E-state index contributed by atoms with van der Waals surface area (Å²) in [6.07, 6.45) is -4.74. The average molecular weight is 380 g/mol. The van der Waals surface area contributed by atoms with Gasteiger partial charge in [-0.1, -0.05) is 23.7 Å². The van der Waals surface area contributed by atoms with Crippen LogP contribution in [0.25, 0.3) is 16.9 Å². The van der Waals surface area contributed by atoms with E-state index in [0.29, 0.717) is 15.1 Å². The molecule has 2 heterocycles. The topological polar surface area (TPSA) is 70.3 Å². The van der Waals surface area contributed by atoms with Gasteiger partial charge < -0.3 is 9.90 Å². The van der Waals surface area contributed by atoms with Crippen molar-refractivity contribution < 1.29 is 74.5 Å². The quantitative estimate of drug-likeness (QED) is 0.559. The molecule has 0 saturated carbocycles. The number of carboxylic acids is 1. The van der Waals surface area contributed by atoms with E-state index in [-0.39, 0.29) is 62.7 Å². The van der Waals surface area contributed by atoms with Crippen LogP contribution in [-0.4, -0.2) is 20.6 Å². The van der Waals surface area contributed by atoms with Crippen LogP contribution in [0.3, 0.4) is 0 Å². The van der Waals surface area contributed by atoms with Crippen molar-refractivity contribution >= 4 is 23.2 Å². The van der Waals surface area contributed by atoms with Crippen LogP contribution in [0, 0.1) is 0 Å². The SMILES string of the molecule is O=C([O-])c1cc2nc(-c3ccc(Cl)cc3)cc(C(F)(F)F)n2n1.[K+]. The molecular weight excluding hydrogens is 374 g/mol. The minimum absolute atomic E-state index is 0. The van der Waals surface area contributed by atoms with Gasteiger partial charge in [0.05, 0.1) is 11.7 Å². The Labute approximate surface area is 180 Å². The van der Waals surface area contributed by atoms with E-state index in [2.05, 4.69) is 10.1 Å². The van der Waals surface area contributed by atoms with Crippen molar-refractivity contribution in [3.63, 3.8) is 0 Å². The summed E-state index contributed by atoms with van der Waals surface area (Å²) in [4.78, 5) is 14.8. The Hall–Kier alpha value is -0.974. The van der Waals surface area contributed by atoms with Gasteiger partial charge in [0.25, 0.3) is 0 Å². The molecular formula is C14H6ClF3KN3O2. The van der Waals surface area contributed by atoms with Crippen LogP contribution in [0.15, 0.2) is 36.4 Å². The third-order valence-corrected chi connectivity index (χ3v) is 3.32. The van der Waals surface area contributed by atoms with Crippen LogP contribution in [0.5, 0.6) is 0 Å². The maximum absolute atomic E-state index is 13.2. The van der Waals surface area contributed by atoms with Crippen molar-refractivity contribution in [2.75, 3.05) is 0 Å². The van der Waals surface area contributed by atoms with Gasteiger partial charge in [0.1, 0.15) is 5.69 Å². The summed E-state index contributed by atoms with van der Waals surface area (Å²) < 4.78 is 40.1. The van der Waals surface area contributed by atoms with Gasteiger partial charge in [-0.2, -0.15) is 18.3 Å². The second-order valence-corrected chi connectivity index (χ2v) is 5.05.